The number of ketones is 1. The summed E-state index contributed by atoms with van der Waals surface area (Å²) in [6.07, 6.45) is 0. The van der Waals surface area contributed by atoms with E-state index >= 15 is 0 Å². The quantitative estimate of drug-likeness (QED) is 0.372. The number of carbonyl (C=O) groups excluding carboxylic acids is 3. The molecular weight excluding hydrogens is 451 g/mol. The Labute approximate surface area is 185 Å². The molecule has 1 amide bonds. The van der Waals surface area contributed by atoms with Crippen LogP contribution in [-0.2, 0) is 4.74 Å². The molecule has 0 radical (unpaired) electrons. The fourth-order valence-corrected chi connectivity index (χ4v) is 4.10. The van der Waals surface area contributed by atoms with Gasteiger partial charge in [0.15, 0.2) is 17.2 Å². The zero-order valence-electron chi connectivity index (χ0n) is 16.2. The Morgan fingerprint density at radius 1 is 1.20 bits per heavy atom. The number of anilines is 1. The van der Waals surface area contributed by atoms with Crippen molar-refractivity contribution in [2.75, 3.05) is 11.9 Å². The maximum absolute atomic E-state index is 12.7. The molecule has 0 aliphatic heterocycles. The molecule has 1 N–H and O–H groups in total. The third kappa shape index (κ3) is 4.40. The van der Waals surface area contributed by atoms with Crippen molar-refractivity contribution >= 4 is 57.2 Å². The molecule has 0 saturated carbocycles. The Hall–Kier alpha value is -2.68. The first-order chi connectivity index (χ1) is 14.2. The Balaban J connectivity index is 1.90. The number of thiophene rings is 1. The maximum atomic E-state index is 12.7. The van der Waals surface area contributed by atoms with E-state index in [1.54, 1.807) is 32.0 Å². The summed E-state index contributed by atoms with van der Waals surface area (Å²) in [7, 11) is 0. The van der Waals surface area contributed by atoms with Gasteiger partial charge >= 0.3 is 5.97 Å². The van der Waals surface area contributed by atoms with E-state index < -0.39 is 11.9 Å². The van der Waals surface area contributed by atoms with E-state index in [0.29, 0.717) is 31.8 Å². The molecule has 0 atom stereocenters. The molecule has 3 aromatic rings. The van der Waals surface area contributed by atoms with Gasteiger partial charge in [-0.1, -0.05) is 28.4 Å². The third-order valence-electron chi connectivity index (χ3n) is 4.12. The first-order valence-corrected chi connectivity index (χ1v) is 10.3. The normalized spacial score (nSPS) is 10.7. The number of hydrogen-bond donors (Lipinski definition) is 1. The van der Waals surface area contributed by atoms with Crippen molar-refractivity contribution in [3.05, 3.63) is 56.0 Å². The molecule has 0 unspecified atom stereocenters. The third-order valence-corrected chi connectivity index (χ3v) is 6.17. The Morgan fingerprint density at radius 2 is 1.93 bits per heavy atom. The van der Waals surface area contributed by atoms with Gasteiger partial charge in [0.25, 0.3) is 5.91 Å². The molecule has 0 aliphatic carbocycles. The zero-order valence-corrected chi connectivity index (χ0v) is 18.5. The molecule has 0 saturated heterocycles. The zero-order chi connectivity index (χ0) is 22.0. The van der Waals surface area contributed by atoms with Gasteiger partial charge in [0, 0.05) is 11.6 Å². The average Bonchev–Trinajstić information content (AvgIpc) is 3.29. The molecule has 0 fully saturated rings. The summed E-state index contributed by atoms with van der Waals surface area (Å²) in [6.45, 7) is 4.85. The Bertz CT molecular complexity index is 1150. The number of esters is 1. The van der Waals surface area contributed by atoms with E-state index in [1.165, 1.54) is 13.0 Å². The molecule has 7 nitrogen and oxygen atoms in total. The first kappa shape index (κ1) is 22.0. The average molecular weight is 467 g/mol. The number of amides is 1. The van der Waals surface area contributed by atoms with E-state index in [9.17, 15) is 14.4 Å². The largest absolute Gasteiger partial charge is 0.462 e. The standard InChI is InChI=1S/C20H16Cl2N2O5S/c1-4-28-20(27)16-9(2)17(10(3)25)30-19(16)23-18(26)14-8-15(29-24-14)11-5-6-12(21)13(22)7-11/h5-8H,4H2,1-3H3,(H,23,26). The van der Waals surface area contributed by atoms with Gasteiger partial charge in [-0.15, -0.1) is 11.3 Å². The van der Waals surface area contributed by atoms with E-state index in [-0.39, 0.29) is 28.6 Å². The van der Waals surface area contributed by atoms with Crippen LogP contribution in [0, 0.1) is 6.92 Å². The monoisotopic (exact) mass is 466 g/mol. The number of carbonyl (C=O) groups is 3. The van der Waals surface area contributed by atoms with E-state index in [0.717, 1.165) is 11.3 Å². The summed E-state index contributed by atoms with van der Waals surface area (Å²) in [4.78, 5) is 37.3. The lowest BCUT2D eigenvalue weighted by molar-refractivity contribution is 0.0527. The van der Waals surface area contributed by atoms with Crippen molar-refractivity contribution < 1.29 is 23.6 Å². The lowest BCUT2D eigenvalue weighted by Gasteiger charge is -2.05. The lowest BCUT2D eigenvalue weighted by atomic mass is 10.1. The number of rotatable bonds is 6. The molecular formula is C20H16Cl2N2O5S. The highest BCUT2D eigenvalue weighted by Crippen LogP contribution is 2.35. The highest BCUT2D eigenvalue weighted by atomic mass is 35.5. The molecule has 0 spiro atoms. The van der Waals surface area contributed by atoms with Crippen LogP contribution in [0.1, 0.15) is 49.9 Å². The van der Waals surface area contributed by atoms with Crippen molar-refractivity contribution in [2.45, 2.75) is 20.8 Å². The molecule has 2 heterocycles. The minimum Gasteiger partial charge on any atom is -0.462 e. The van der Waals surface area contributed by atoms with Crippen LogP contribution < -0.4 is 5.32 Å². The second-order valence-electron chi connectivity index (χ2n) is 6.20. The van der Waals surface area contributed by atoms with Crippen molar-refractivity contribution in [3.8, 4) is 11.3 Å². The van der Waals surface area contributed by atoms with E-state index in [2.05, 4.69) is 10.5 Å². The lowest BCUT2D eigenvalue weighted by Crippen LogP contribution is -2.15. The highest BCUT2D eigenvalue weighted by molar-refractivity contribution is 7.18. The van der Waals surface area contributed by atoms with Crippen molar-refractivity contribution in [2.24, 2.45) is 0 Å². The SMILES string of the molecule is CCOC(=O)c1c(NC(=O)c2cc(-c3ccc(Cl)c(Cl)c3)on2)sc(C(C)=O)c1C. The molecule has 156 valence electrons. The maximum Gasteiger partial charge on any atom is 0.341 e. The highest BCUT2D eigenvalue weighted by Gasteiger charge is 2.26. The molecule has 0 aliphatic rings. The molecule has 30 heavy (non-hydrogen) atoms. The molecule has 3 rings (SSSR count). The number of Topliss-reactive ketones (excluding diaryl/α,β-unsaturated/α-hetero) is 1. The van der Waals surface area contributed by atoms with Gasteiger partial charge in [-0.3, -0.25) is 9.59 Å². The summed E-state index contributed by atoms with van der Waals surface area (Å²) in [6, 6.07) is 6.31. The minimum atomic E-state index is -0.620. The summed E-state index contributed by atoms with van der Waals surface area (Å²) >= 11 is 12.9. The Morgan fingerprint density at radius 3 is 2.57 bits per heavy atom. The first-order valence-electron chi connectivity index (χ1n) is 8.77. The summed E-state index contributed by atoms with van der Waals surface area (Å²) in [5, 5.41) is 7.33. The second-order valence-corrected chi connectivity index (χ2v) is 8.03. The predicted octanol–water partition coefficient (Wildman–Crippen LogP) is 5.65. The summed E-state index contributed by atoms with van der Waals surface area (Å²) < 4.78 is 10.3. The van der Waals surface area contributed by atoms with Crippen molar-refractivity contribution in [1.82, 2.24) is 5.16 Å². The molecule has 10 heteroatoms. The number of halogens is 2. The van der Waals surface area contributed by atoms with Gasteiger partial charge in [-0.05, 0) is 44.5 Å². The predicted molar refractivity (Wildman–Crippen MR) is 115 cm³/mol. The Kier molecular flexibility index (Phi) is 6.60. The summed E-state index contributed by atoms with van der Waals surface area (Å²) in [5.74, 6) is -1.12. The number of aromatic nitrogens is 1. The molecule has 1 aromatic carbocycles. The van der Waals surface area contributed by atoms with Crippen LogP contribution in [0.4, 0.5) is 5.00 Å². The number of hydrogen-bond acceptors (Lipinski definition) is 7. The number of nitrogens with one attached hydrogen (secondary N) is 1. The van der Waals surface area contributed by atoms with Gasteiger partial charge in [0.2, 0.25) is 0 Å². The van der Waals surface area contributed by atoms with Crippen LogP contribution in [0.25, 0.3) is 11.3 Å². The van der Waals surface area contributed by atoms with Crippen LogP contribution in [0.5, 0.6) is 0 Å². The van der Waals surface area contributed by atoms with Crippen molar-refractivity contribution in [3.63, 3.8) is 0 Å². The fourth-order valence-electron chi connectivity index (χ4n) is 2.72. The van der Waals surface area contributed by atoms with Crippen molar-refractivity contribution in [1.29, 1.82) is 0 Å². The van der Waals surface area contributed by atoms with Crippen LogP contribution in [0.15, 0.2) is 28.8 Å². The van der Waals surface area contributed by atoms with Gasteiger partial charge in [0.1, 0.15) is 5.00 Å². The van der Waals surface area contributed by atoms with Gasteiger partial charge in [-0.25, -0.2) is 4.79 Å². The molecule has 0 bridgehead atoms. The summed E-state index contributed by atoms with van der Waals surface area (Å²) in [5.41, 5.74) is 1.18. The van der Waals surface area contributed by atoms with Gasteiger partial charge in [-0.2, -0.15) is 0 Å². The van der Waals surface area contributed by atoms with Gasteiger partial charge in [0.05, 0.1) is 27.1 Å². The van der Waals surface area contributed by atoms with E-state index in [4.69, 9.17) is 32.5 Å². The topological polar surface area (TPSA) is 98.5 Å². The van der Waals surface area contributed by atoms with Crippen LogP contribution in [-0.4, -0.2) is 29.4 Å². The fraction of sp³-hybridized carbons (Fsp3) is 0.200. The minimum absolute atomic E-state index is 0.0127. The number of benzene rings is 1. The second kappa shape index (κ2) is 8.99. The number of ether oxygens (including phenoxy) is 1. The molecule has 2 aromatic heterocycles. The van der Waals surface area contributed by atoms with E-state index in [1.807, 2.05) is 0 Å². The van der Waals surface area contributed by atoms with Gasteiger partial charge < -0.3 is 14.6 Å². The number of nitrogens with zero attached hydrogens (tertiary/aromatic N) is 1. The van der Waals surface area contributed by atoms with Crippen LogP contribution in [0.2, 0.25) is 10.0 Å². The smallest absolute Gasteiger partial charge is 0.341 e. The van der Waals surface area contributed by atoms with Crippen LogP contribution in [0.3, 0.4) is 0 Å². The van der Waals surface area contributed by atoms with Crippen LogP contribution >= 0.6 is 34.5 Å².